The Morgan fingerprint density at radius 1 is 1.40 bits per heavy atom. The minimum atomic E-state index is 0.181. The first kappa shape index (κ1) is 9.98. The Morgan fingerprint density at radius 3 is 2.87 bits per heavy atom. The van der Waals surface area contributed by atoms with E-state index in [-0.39, 0.29) is 5.41 Å². The van der Waals surface area contributed by atoms with Crippen molar-refractivity contribution in [1.29, 1.82) is 5.26 Å². The summed E-state index contributed by atoms with van der Waals surface area (Å²) in [5, 5.41) is 8.65. The minimum absolute atomic E-state index is 0.181. The molecule has 0 bridgehead atoms. The summed E-state index contributed by atoms with van der Waals surface area (Å²) in [5.74, 6) is 0. The zero-order chi connectivity index (χ0) is 10.9. The third kappa shape index (κ3) is 1.68. The molecular weight excluding hydrogens is 182 g/mol. The average molecular weight is 197 g/mol. The van der Waals surface area contributed by atoms with E-state index < -0.39 is 0 Å². The topological polar surface area (TPSA) is 23.8 Å². The summed E-state index contributed by atoms with van der Waals surface area (Å²) in [5.41, 5.74) is 4.25. The fourth-order valence-corrected chi connectivity index (χ4v) is 2.41. The van der Waals surface area contributed by atoms with Crippen molar-refractivity contribution < 1.29 is 0 Å². The van der Waals surface area contributed by atoms with E-state index in [2.05, 4.69) is 50.3 Å². The summed E-state index contributed by atoms with van der Waals surface area (Å²) in [6.45, 7) is 4.49. The first-order valence-electron chi connectivity index (χ1n) is 5.31. The molecule has 0 N–H and O–H groups in total. The number of hydrogen-bond acceptors (Lipinski definition) is 1. The largest absolute Gasteiger partial charge is 0.198 e. The fraction of sp³-hybridized carbons (Fsp3) is 0.357. The fourth-order valence-electron chi connectivity index (χ4n) is 2.41. The predicted molar refractivity (Wildman–Crippen MR) is 62.1 cm³/mol. The van der Waals surface area contributed by atoms with Crippen LogP contribution in [0.1, 0.15) is 31.4 Å². The van der Waals surface area contributed by atoms with Gasteiger partial charge in [0.1, 0.15) is 0 Å². The highest BCUT2D eigenvalue weighted by molar-refractivity contribution is 5.76. The van der Waals surface area contributed by atoms with Crippen molar-refractivity contribution in [2.24, 2.45) is 5.41 Å². The lowest BCUT2D eigenvalue weighted by Crippen LogP contribution is -2.09. The molecule has 0 fully saturated rings. The van der Waals surface area contributed by atoms with Gasteiger partial charge in [0.2, 0.25) is 0 Å². The van der Waals surface area contributed by atoms with Crippen molar-refractivity contribution >= 4 is 5.57 Å². The Kier molecular flexibility index (Phi) is 2.36. The predicted octanol–water partition coefficient (Wildman–Crippen LogP) is 3.57. The molecule has 1 nitrogen and oxygen atoms in total. The van der Waals surface area contributed by atoms with E-state index in [1.807, 2.05) is 0 Å². The van der Waals surface area contributed by atoms with Gasteiger partial charge in [0.25, 0.3) is 0 Å². The van der Waals surface area contributed by atoms with Crippen LogP contribution in [0.3, 0.4) is 0 Å². The first-order chi connectivity index (χ1) is 7.15. The molecule has 0 aromatic heterocycles. The lowest BCUT2D eigenvalue weighted by atomic mass is 9.84. The molecule has 1 aliphatic carbocycles. The molecule has 1 aromatic rings. The van der Waals surface area contributed by atoms with Crippen LogP contribution in [-0.4, -0.2) is 0 Å². The molecule has 15 heavy (non-hydrogen) atoms. The average Bonchev–Trinajstić information content (AvgIpc) is 2.45. The van der Waals surface area contributed by atoms with Crippen molar-refractivity contribution in [1.82, 2.24) is 0 Å². The second kappa shape index (κ2) is 3.55. The Hall–Kier alpha value is -1.55. The zero-order valence-electron chi connectivity index (χ0n) is 9.25. The van der Waals surface area contributed by atoms with E-state index in [9.17, 15) is 0 Å². The highest BCUT2D eigenvalue weighted by atomic mass is 14.4. The van der Waals surface area contributed by atoms with Crippen LogP contribution in [0.4, 0.5) is 0 Å². The standard InChI is InChI=1S/C14H15N/c1-14(2)10-11-6-3-4-7-12(11)13(14)8-5-9-15/h3-4,6-8H,5,10H2,1-2H3/b13-8-. The lowest BCUT2D eigenvalue weighted by molar-refractivity contribution is 0.520. The van der Waals surface area contributed by atoms with Crippen LogP contribution in [0, 0.1) is 16.7 Å². The molecule has 0 amide bonds. The summed E-state index contributed by atoms with van der Waals surface area (Å²) in [7, 11) is 0. The Morgan fingerprint density at radius 2 is 2.13 bits per heavy atom. The number of allylic oxidation sites excluding steroid dienone is 2. The van der Waals surface area contributed by atoms with Gasteiger partial charge < -0.3 is 0 Å². The van der Waals surface area contributed by atoms with E-state index in [1.54, 1.807) is 0 Å². The molecule has 0 saturated heterocycles. The van der Waals surface area contributed by atoms with Crippen molar-refractivity contribution in [3.63, 3.8) is 0 Å². The highest BCUT2D eigenvalue weighted by Crippen LogP contribution is 2.45. The van der Waals surface area contributed by atoms with Gasteiger partial charge in [-0.25, -0.2) is 0 Å². The Bertz CT molecular complexity index is 447. The lowest BCUT2D eigenvalue weighted by Gasteiger charge is -2.19. The molecule has 0 aliphatic heterocycles. The van der Waals surface area contributed by atoms with E-state index in [1.165, 1.54) is 16.7 Å². The van der Waals surface area contributed by atoms with Gasteiger partial charge in [-0.05, 0) is 28.5 Å². The molecule has 1 aromatic carbocycles. The third-order valence-electron chi connectivity index (χ3n) is 3.07. The Balaban J connectivity index is 2.49. The van der Waals surface area contributed by atoms with Gasteiger partial charge in [-0.1, -0.05) is 44.2 Å². The maximum atomic E-state index is 8.65. The summed E-state index contributed by atoms with van der Waals surface area (Å²) >= 11 is 0. The van der Waals surface area contributed by atoms with Gasteiger partial charge >= 0.3 is 0 Å². The van der Waals surface area contributed by atoms with Gasteiger partial charge in [0.15, 0.2) is 0 Å². The van der Waals surface area contributed by atoms with Crippen molar-refractivity contribution in [2.45, 2.75) is 26.7 Å². The number of rotatable bonds is 1. The Labute approximate surface area is 91.0 Å². The number of benzene rings is 1. The number of nitriles is 1. The smallest absolute Gasteiger partial charge is 0.0663 e. The second-order valence-corrected chi connectivity index (χ2v) is 4.70. The van der Waals surface area contributed by atoms with Crippen LogP contribution < -0.4 is 0 Å². The van der Waals surface area contributed by atoms with Crippen LogP contribution in [0.25, 0.3) is 5.57 Å². The van der Waals surface area contributed by atoms with E-state index in [4.69, 9.17) is 5.26 Å². The summed E-state index contributed by atoms with van der Waals surface area (Å²) in [4.78, 5) is 0. The van der Waals surface area contributed by atoms with E-state index in [0.29, 0.717) is 6.42 Å². The molecule has 2 rings (SSSR count). The maximum absolute atomic E-state index is 8.65. The molecule has 0 radical (unpaired) electrons. The highest BCUT2D eigenvalue weighted by Gasteiger charge is 2.32. The molecule has 0 heterocycles. The second-order valence-electron chi connectivity index (χ2n) is 4.70. The van der Waals surface area contributed by atoms with Crippen molar-refractivity contribution in [3.8, 4) is 6.07 Å². The first-order valence-corrected chi connectivity index (χ1v) is 5.31. The molecule has 76 valence electrons. The monoisotopic (exact) mass is 197 g/mol. The van der Waals surface area contributed by atoms with Gasteiger partial charge in [0.05, 0.1) is 12.5 Å². The molecule has 1 aliphatic rings. The van der Waals surface area contributed by atoms with Crippen LogP contribution in [0.15, 0.2) is 30.3 Å². The van der Waals surface area contributed by atoms with Gasteiger partial charge in [0, 0.05) is 0 Å². The van der Waals surface area contributed by atoms with Gasteiger partial charge in [-0.15, -0.1) is 0 Å². The molecule has 0 saturated carbocycles. The van der Waals surface area contributed by atoms with Crippen molar-refractivity contribution in [3.05, 3.63) is 41.5 Å². The molecule has 0 unspecified atom stereocenters. The minimum Gasteiger partial charge on any atom is -0.198 e. The van der Waals surface area contributed by atoms with Crippen LogP contribution in [-0.2, 0) is 6.42 Å². The number of fused-ring (bicyclic) bond motifs is 1. The number of hydrogen-bond donors (Lipinski definition) is 0. The zero-order valence-corrected chi connectivity index (χ0v) is 9.25. The van der Waals surface area contributed by atoms with Crippen LogP contribution >= 0.6 is 0 Å². The molecule has 1 heteroatoms. The van der Waals surface area contributed by atoms with Crippen LogP contribution in [0.5, 0.6) is 0 Å². The SMILES string of the molecule is CC1(C)Cc2ccccc2/C1=C/CC#N. The van der Waals surface area contributed by atoms with Crippen LogP contribution in [0.2, 0.25) is 0 Å². The number of nitrogens with zero attached hydrogens (tertiary/aromatic N) is 1. The molecule has 0 atom stereocenters. The van der Waals surface area contributed by atoms with Gasteiger partial charge in [-0.3, -0.25) is 0 Å². The maximum Gasteiger partial charge on any atom is 0.0663 e. The van der Waals surface area contributed by atoms with Gasteiger partial charge in [-0.2, -0.15) is 5.26 Å². The normalized spacial score (nSPS) is 19.9. The van der Waals surface area contributed by atoms with E-state index >= 15 is 0 Å². The quantitative estimate of drug-likeness (QED) is 0.675. The summed E-state index contributed by atoms with van der Waals surface area (Å²) in [6.07, 6.45) is 3.67. The molecular formula is C14H15N. The third-order valence-corrected chi connectivity index (χ3v) is 3.07. The van der Waals surface area contributed by atoms with E-state index in [0.717, 1.165) is 6.42 Å². The molecule has 0 spiro atoms. The van der Waals surface area contributed by atoms with Crippen molar-refractivity contribution in [2.75, 3.05) is 0 Å². The summed E-state index contributed by atoms with van der Waals surface area (Å²) in [6, 6.07) is 10.7. The summed E-state index contributed by atoms with van der Waals surface area (Å²) < 4.78 is 0.